The van der Waals surface area contributed by atoms with Gasteiger partial charge in [0.05, 0.1) is 11.5 Å². The summed E-state index contributed by atoms with van der Waals surface area (Å²) in [5.74, 6) is -0.156. The van der Waals surface area contributed by atoms with Crippen molar-refractivity contribution in [1.82, 2.24) is 0 Å². The summed E-state index contributed by atoms with van der Waals surface area (Å²) in [6, 6.07) is 15.8. The predicted molar refractivity (Wildman–Crippen MR) is 114 cm³/mol. The van der Waals surface area contributed by atoms with Gasteiger partial charge in [0, 0.05) is 11.3 Å². The Hall–Kier alpha value is -2.47. The van der Waals surface area contributed by atoms with Gasteiger partial charge in [-0.2, -0.15) is 0 Å². The summed E-state index contributed by atoms with van der Waals surface area (Å²) >= 11 is 1.37. The number of rotatable bonds is 4. The minimum atomic E-state index is -0.432. The minimum absolute atomic E-state index is 0.0953. The Labute approximate surface area is 168 Å². The maximum Gasteiger partial charge on any atom is 0.234 e. The van der Waals surface area contributed by atoms with Crippen LogP contribution in [0.15, 0.2) is 64.6 Å². The first-order valence-electron chi connectivity index (χ1n) is 9.57. The van der Waals surface area contributed by atoms with Crippen molar-refractivity contribution in [3.8, 4) is 0 Å². The number of aliphatic imine (C=N–C) groups is 2. The first-order chi connectivity index (χ1) is 13.6. The third-order valence-electron chi connectivity index (χ3n) is 4.98. The van der Waals surface area contributed by atoms with Crippen molar-refractivity contribution in [2.75, 3.05) is 11.1 Å². The van der Waals surface area contributed by atoms with Gasteiger partial charge >= 0.3 is 0 Å². The number of hydrogen-bond acceptors (Lipinski definition) is 4. The highest BCUT2D eigenvalue weighted by Crippen LogP contribution is 2.38. The van der Waals surface area contributed by atoms with E-state index in [9.17, 15) is 9.18 Å². The highest BCUT2D eigenvalue weighted by molar-refractivity contribution is 8.16. The van der Waals surface area contributed by atoms with Gasteiger partial charge in [0.25, 0.3) is 0 Å². The number of benzene rings is 2. The Bertz CT molecular complexity index is 920. The molecule has 2 aromatic rings. The number of carbonyl (C=O) groups is 1. The molecule has 6 heteroatoms. The normalized spacial score (nSPS) is 17.9. The van der Waals surface area contributed by atoms with Crippen molar-refractivity contribution >= 4 is 34.1 Å². The van der Waals surface area contributed by atoms with Gasteiger partial charge in [-0.25, -0.2) is 9.38 Å². The maximum absolute atomic E-state index is 13.8. The molecule has 0 saturated heterocycles. The van der Waals surface area contributed by atoms with Crippen molar-refractivity contribution in [2.45, 2.75) is 37.8 Å². The lowest BCUT2D eigenvalue weighted by atomic mass is 9.90. The van der Waals surface area contributed by atoms with E-state index in [1.165, 1.54) is 30.3 Å². The molecule has 2 aliphatic rings. The molecule has 0 radical (unpaired) electrons. The molecule has 0 unspecified atom stereocenters. The standard InChI is InChI=1S/C22H22FN3OS/c23-17-9-7-8-16(14-17)20-21(26-22(25-20)12-5-2-6-13-22)28-15-19(27)24-18-10-3-1-4-11-18/h1,3-4,7-11,14H,2,5-6,12-13,15H2,(H,24,27). The fraction of sp³-hybridized carbons (Fsp3) is 0.318. The second kappa shape index (κ2) is 8.27. The van der Waals surface area contributed by atoms with Gasteiger partial charge in [-0.3, -0.25) is 9.79 Å². The first-order valence-corrected chi connectivity index (χ1v) is 10.6. The molecule has 0 aromatic heterocycles. The highest BCUT2D eigenvalue weighted by atomic mass is 32.2. The summed E-state index contributed by atoms with van der Waals surface area (Å²) in [6.07, 6.45) is 5.20. The molecule has 1 aliphatic carbocycles. The third kappa shape index (κ3) is 4.33. The Kier molecular flexibility index (Phi) is 5.57. The number of nitrogens with zero attached hydrogens (tertiary/aromatic N) is 2. The number of hydrogen-bond donors (Lipinski definition) is 1. The number of halogens is 1. The maximum atomic E-state index is 13.8. The van der Waals surface area contributed by atoms with Crippen LogP contribution < -0.4 is 5.32 Å². The quantitative estimate of drug-likeness (QED) is 0.787. The first kappa shape index (κ1) is 18.9. The van der Waals surface area contributed by atoms with Crippen LogP contribution in [0.2, 0.25) is 0 Å². The van der Waals surface area contributed by atoms with Crippen molar-refractivity contribution < 1.29 is 9.18 Å². The SMILES string of the molecule is O=C(CSC1=NC2(CCCCC2)N=C1c1cccc(F)c1)Nc1ccccc1. The molecule has 1 amide bonds. The minimum Gasteiger partial charge on any atom is -0.325 e. The molecule has 1 N–H and O–H groups in total. The Morgan fingerprint density at radius 3 is 2.57 bits per heavy atom. The van der Waals surface area contributed by atoms with Crippen LogP contribution in [0, 0.1) is 5.82 Å². The zero-order valence-electron chi connectivity index (χ0n) is 15.5. The van der Waals surface area contributed by atoms with E-state index in [2.05, 4.69) is 5.32 Å². The Balaban J connectivity index is 1.52. The smallest absolute Gasteiger partial charge is 0.234 e. The topological polar surface area (TPSA) is 53.8 Å². The van der Waals surface area contributed by atoms with E-state index >= 15 is 0 Å². The van der Waals surface area contributed by atoms with Crippen LogP contribution in [0.3, 0.4) is 0 Å². The van der Waals surface area contributed by atoms with Crippen LogP contribution in [0.5, 0.6) is 0 Å². The molecule has 144 valence electrons. The van der Waals surface area contributed by atoms with Gasteiger partial charge in [0.15, 0.2) is 5.66 Å². The number of thioether (sulfide) groups is 1. The van der Waals surface area contributed by atoms with E-state index in [0.717, 1.165) is 42.0 Å². The van der Waals surface area contributed by atoms with Gasteiger partial charge < -0.3 is 5.32 Å². The largest absolute Gasteiger partial charge is 0.325 e. The molecular weight excluding hydrogens is 373 g/mol. The highest BCUT2D eigenvalue weighted by Gasteiger charge is 2.37. The summed E-state index contributed by atoms with van der Waals surface area (Å²) in [5, 5.41) is 3.62. The molecule has 1 aliphatic heterocycles. The molecule has 1 heterocycles. The predicted octanol–water partition coefficient (Wildman–Crippen LogP) is 5.06. The summed E-state index contributed by atoms with van der Waals surface area (Å²) < 4.78 is 13.8. The van der Waals surface area contributed by atoms with Crippen LogP contribution >= 0.6 is 11.8 Å². The van der Waals surface area contributed by atoms with Gasteiger partial charge in [-0.15, -0.1) is 0 Å². The number of carbonyl (C=O) groups excluding carboxylic acids is 1. The van der Waals surface area contributed by atoms with Gasteiger partial charge in [-0.1, -0.05) is 48.5 Å². The summed E-state index contributed by atoms with van der Waals surface area (Å²) in [4.78, 5) is 22.2. The average molecular weight is 396 g/mol. The zero-order valence-corrected chi connectivity index (χ0v) is 16.3. The fourth-order valence-corrected chi connectivity index (χ4v) is 4.52. The molecule has 1 spiro atoms. The lowest BCUT2D eigenvalue weighted by Crippen LogP contribution is -2.25. The second-order valence-corrected chi connectivity index (χ2v) is 8.10. The van der Waals surface area contributed by atoms with Crippen LogP contribution in [-0.4, -0.2) is 28.1 Å². The van der Waals surface area contributed by atoms with E-state index in [0.29, 0.717) is 5.71 Å². The molecule has 1 saturated carbocycles. The summed E-state index contributed by atoms with van der Waals surface area (Å²) in [7, 11) is 0. The molecule has 4 rings (SSSR count). The Morgan fingerprint density at radius 2 is 1.82 bits per heavy atom. The van der Waals surface area contributed by atoms with Gasteiger partial charge in [0.1, 0.15) is 10.9 Å². The molecule has 0 bridgehead atoms. The van der Waals surface area contributed by atoms with Crippen molar-refractivity contribution in [3.05, 3.63) is 66.0 Å². The van der Waals surface area contributed by atoms with E-state index in [-0.39, 0.29) is 17.5 Å². The van der Waals surface area contributed by atoms with Crippen LogP contribution in [0.25, 0.3) is 0 Å². The monoisotopic (exact) mass is 395 g/mol. The van der Waals surface area contributed by atoms with Gasteiger partial charge in [0.2, 0.25) is 5.91 Å². The van der Waals surface area contributed by atoms with Crippen molar-refractivity contribution in [1.29, 1.82) is 0 Å². The number of anilines is 1. The molecule has 4 nitrogen and oxygen atoms in total. The lowest BCUT2D eigenvalue weighted by Gasteiger charge is -2.27. The average Bonchev–Trinajstić information content (AvgIpc) is 3.05. The summed E-state index contributed by atoms with van der Waals surface area (Å²) in [6.45, 7) is 0. The molecule has 28 heavy (non-hydrogen) atoms. The van der Waals surface area contributed by atoms with Crippen molar-refractivity contribution in [3.63, 3.8) is 0 Å². The van der Waals surface area contributed by atoms with Crippen LogP contribution in [0.4, 0.5) is 10.1 Å². The van der Waals surface area contributed by atoms with E-state index in [1.54, 1.807) is 6.07 Å². The number of para-hydroxylation sites is 1. The molecular formula is C22H22FN3OS. The number of nitrogens with one attached hydrogen (secondary N) is 1. The molecule has 0 atom stereocenters. The lowest BCUT2D eigenvalue weighted by molar-refractivity contribution is -0.113. The summed E-state index contributed by atoms with van der Waals surface area (Å²) in [5.41, 5.74) is 1.76. The van der Waals surface area contributed by atoms with E-state index < -0.39 is 5.66 Å². The molecule has 1 fully saturated rings. The fourth-order valence-electron chi connectivity index (χ4n) is 3.64. The second-order valence-electron chi connectivity index (χ2n) is 7.13. The third-order valence-corrected chi connectivity index (χ3v) is 5.95. The zero-order chi connectivity index (χ0) is 19.4. The Morgan fingerprint density at radius 1 is 1.04 bits per heavy atom. The van der Waals surface area contributed by atoms with E-state index in [1.807, 2.05) is 36.4 Å². The van der Waals surface area contributed by atoms with Crippen LogP contribution in [0.1, 0.15) is 37.7 Å². The van der Waals surface area contributed by atoms with E-state index in [4.69, 9.17) is 9.98 Å². The van der Waals surface area contributed by atoms with Crippen molar-refractivity contribution in [2.24, 2.45) is 9.98 Å². The van der Waals surface area contributed by atoms with Crippen LogP contribution in [-0.2, 0) is 4.79 Å². The number of amides is 1. The molecule has 2 aromatic carbocycles. The van der Waals surface area contributed by atoms with Gasteiger partial charge in [-0.05, 0) is 49.9 Å².